The highest BCUT2D eigenvalue weighted by Gasteiger charge is 1.87. The highest BCUT2D eigenvalue weighted by Crippen LogP contribution is 2.05. The van der Waals surface area contributed by atoms with Gasteiger partial charge in [-0.2, -0.15) is 0 Å². The largest absolute Gasteiger partial charge is 0.330 e. The molecule has 0 aliphatic rings. The molecule has 1 heteroatoms. The second-order valence-electron chi connectivity index (χ2n) is 2.45. The number of hydrogen-bond donors (Lipinski definition) is 1. The number of nitrogens with two attached hydrogens (primary N) is 1. The summed E-state index contributed by atoms with van der Waals surface area (Å²) in [5.41, 5.74) is 5.26. The molecular formula is C9H21N. The normalized spacial score (nSPS) is 19.2. The molecule has 1 atom stereocenters. The Balaban J connectivity index is 3.62. The van der Waals surface area contributed by atoms with E-state index in [1.165, 1.54) is 0 Å². The summed E-state index contributed by atoms with van der Waals surface area (Å²) in [6.07, 6.45) is 2.55. The highest BCUT2D eigenvalue weighted by molar-refractivity contribution is 4.44. The van der Waals surface area contributed by atoms with Crippen LogP contribution in [-0.4, -0.2) is 6.54 Å². The van der Waals surface area contributed by atoms with Crippen LogP contribution in [0.5, 0.6) is 0 Å². The molecule has 62 valence electrons. The van der Waals surface area contributed by atoms with Crippen molar-refractivity contribution in [2.45, 2.75) is 51.8 Å². The molecule has 2 N–H and O–H groups in total. The van der Waals surface area contributed by atoms with Crippen LogP contribution in [0.4, 0.5) is 0 Å². The van der Waals surface area contributed by atoms with E-state index in [1.54, 1.807) is 0 Å². The van der Waals surface area contributed by atoms with Crippen LogP contribution in [0.2, 0.25) is 0 Å². The first-order valence-electron chi connectivity index (χ1n) is 5.74. The van der Waals surface area contributed by atoms with Crippen LogP contribution in [0.3, 0.4) is 0 Å². The van der Waals surface area contributed by atoms with Crippen molar-refractivity contribution >= 4 is 0 Å². The van der Waals surface area contributed by atoms with Gasteiger partial charge in [0, 0.05) is 4.11 Å². The van der Waals surface area contributed by atoms with Crippen LogP contribution < -0.4 is 5.73 Å². The Morgan fingerprint density at radius 3 is 2.50 bits per heavy atom. The number of hydrogen-bond acceptors (Lipinski definition) is 1. The average molecular weight is 146 g/mol. The monoisotopic (exact) mass is 146 g/mol. The van der Waals surface area contributed by atoms with Crippen molar-refractivity contribution in [3.05, 3.63) is 0 Å². The van der Waals surface area contributed by atoms with Crippen molar-refractivity contribution in [2.24, 2.45) is 5.73 Å². The van der Waals surface area contributed by atoms with Gasteiger partial charge in [-0.25, -0.2) is 0 Å². The molecule has 1 nitrogen and oxygen atoms in total. The molecule has 0 amide bonds. The van der Waals surface area contributed by atoms with Gasteiger partial charge in [-0.3, -0.25) is 0 Å². The summed E-state index contributed by atoms with van der Waals surface area (Å²) in [4.78, 5) is 0. The van der Waals surface area contributed by atoms with Gasteiger partial charge >= 0.3 is 0 Å². The summed E-state index contributed by atoms with van der Waals surface area (Å²) in [6.45, 7) is 2.24. The molecule has 0 aliphatic carbocycles. The molecule has 0 aliphatic heterocycles. The number of unbranched alkanes of at least 4 members (excludes halogenated alkanes) is 3. The van der Waals surface area contributed by atoms with E-state index in [-0.39, 0.29) is 6.54 Å². The van der Waals surface area contributed by atoms with Gasteiger partial charge in [-0.15, -0.1) is 0 Å². The third kappa shape index (κ3) is 7.96. The van der Waals surface area contributed by atoms with Crippen molar-refractivity contribution in [3.8, 4) is 0 Å². The molecule has 0 rings (SSSR count). The maximum Gasteiger partial charge on any atom is 0.0279 e. The maximum absolute atomic E-state index is 7.57. The lowest BCUT2D eigenvalue weighted by Crippen LogP contribution is -1.97. The third-order valence-electron chi connectivity index (χ3n) is 1.44. The summed E-state index contributed by atoms with van der Waals surface area (Å²) in [5, 5.41) is 0. The summed E-state index contributed by atoms with van der Waals surface area (Å²) >= 11 is 0. The van der Waals surface area contributed by atoms with E-state index in [9.17, 15) is 0 Å². The SMILES string of the molecule is [2H]C(CN)C([2H])([2H])CCCCCC. The van der Waals surface area contributed by atoms with Crippen LogP contribution in [0.1, 0.15) is 55.9 Å². The Kier molecular flexibility index (Phi) is 5.01. The molecule has 0 aromatic carbocycles. The fourth-order valence-electron chi connectivity index (χ4n) is 0.839. The molecule has 0 saturated carbocycles. The zero-order valence-electron chi connectivity index (χ0n) is 9.90. The molecule has 0 bridgehead atoms. The lowest BCUT2D eigenvalue weighted by atomic mass is 10.1. The first kappa shape index (κ1) is 5.59. The minimum atomic E-state index is -1.40. The lowest BCUT2D eigenvalue weighted by Gasteiger charge is -1.97. The fourth-order valence-corrected chi connectivity index (χ4v) is 0.839. The van der Waals surface area contributed by atoms with E-state index < -0.39 is 12.8 Å². The molecule has 0 fully saturated rings. The Morgan fingerprint density at radius 1 is 1.20 bits per heavy atom. The van der Waals surface area contributed by atoms with Gasteiger partial charge in [0.25, 0.3) is 0 Å². The molecular weight excluding hydrogens is 122 g/mol. The van der Waals surface area contributed by atoms with Crippen LogP contribution in [0.25, 0.3) is 0 Å². The third-order valence-corrected chi connectivity index (χ3v) is 1.44. The quantitative estimate of drug-likeness (QED) is 0.549. The van der Waals surface area contributed by atoms with E-state index in [1.807, 2.05) is 0 Å². The van der Waals surface area contributed by atoms with E-state index in [2.05, 4.69) is 6.92 Å². The second kappa shape index (κ2) is 8.96. The van der Waals surface area contributed by atoms with E-state index in [0.717, 1.165) is 25.7 Å². The first-order valence-corrected chi connectivity index (χ1v) is 4.17. The smallest absolute Gasteiger partial charge is 0.0279 e. The van der Waals surface area contributed by atoms with E-state index >= 15 is 0 Å². The molecule has 0 saturated heterocycles. The fraction of sp³-hybridized carbons (Fsp3) is 1.00. The van der Waals surface area contributed by atoms with Crippen LogP contribution in [0.15, 0.2) is 0 Å². The van der Waals surface area contributed by atoms with E-state index in [4.69, 9.17) is 9.85 Å². The van der Waals surface area contributed by atoms with Gasteiger partial charge in [0.15, 0.2) is 0 Å². The highest BCUT2D eigenvalue weighted by atomic mass is 14.5. The van der Waals surface area contributed by atoms with Crippen LogP contribution >= 0.6 is 0 Å². The summed E-state index contributed by atoms with van der Waals surface area (Å²) in [5.74, 6) is 0. The average Bonchev–Trinajstić information content (AvgIpc) is 2.11. The van der Waals surface area contributed by atoms with Crippen molar-refractivity contribution in [1.82, 2.24) is 0 Å². The Bertz CT molecular complexity index is 128. The minimum absolute atomic E-state index is 0.112. The van der Waals surface area contributed by atoms with Crippen molar-refractivity contribution in [1.29, 1.82) is 0 Å². The van der Waals surface area contributed by atoms with Gasteiger partial charge < -0.3 is 5.73 Å². The molecule has 0 aromatic rings. The zero-order valence-corrected chi connectivity index (χ0v) is 6.90. The topological polar surface area (TPSA) is 26.0 Å². The standard InChI is InChI=1S/C9H21N/c1-2-3-4-5-6-7-8-9-10/h2-10H2,1H3/i7D2,8D. The molecule has 0 heterocycles. The molecule has 10 heavy (non-hydrogen) atoms. The Morgan fingerprint density at radius 2 is 1.90 bits per heavy atom. The Labute approximate surface area is 69.2 Å². The minimum Gasteiger partial charge on any atom is -0.330 e. The van der Waals surface area contributed by atoms with Crippen LogP contribution in [-0.2, 0) is 0 Å². The molecule has 0 aromatic heterocycles. The predicted octanol–water partition coefficient (Wildman–Crippen LogP) is 2.70. The summed E-state index contributed by atoms with van der Waals surface area (Å²) in [6, 6.07) is 0. The Hall–Kier alpha value is -0.0400. The lowest BCUT2D eigenvalue weighted by molar-refractivity contribution is 0.593. The van der Waals surface area contributed by atoms with Crippen molar-refractivity contribution in [3.63, 3.8) is 0 Å². The van der Waals surface area contributed by atoms with Gasteiger partial charge in [0.1, 0.15) is 0 Å². The summed E-state index contributed by atoms with van der Waals surface area (Å²) < 4.78 is 22.5. The predicted molar refractivity (Wildman–Crippen MR) is 47.0 cm³/mol. The maximum atomic E-state index is 7.57. The van der Waals surface area contributed by atoms with Gasteiger partial charge in [0.05, 0.1) is 0 Å². The molecule has 0 radical (unpaired) electrons. The van der Waals surface area contributed by atoms with Crippen molar-refractivity contribution in [2.75, 3.05) is 6.54 Å². The first-order chi connectivity index (χ1) is 6.04. The molecule has 0 spiro atoms. The van der Waals surface area contributed by atoms with Crippen molar-refractivity contribution < 1.29 is 4.11 Å². The molecule has 1 unspecified atom stereocenters. The van der Waals surface area contributed by atoms with Gasteiger partial charge in [0.2, 0.25) is 0 Å². The zero-order chi connectivity index (χ0) is 10.3. The van der Waals surface area contributed by atoms with E-state index in [0.29, 0.717) is 6.42 Å². The summed E-state index contributed by atoms with van der Waals surface area (Å²) in [7, 11) is 0. The van der Waals surface area contributed by atoms with Crippen LogP contribution in [0, 0.1) is 0 Å². The van der Waals surface area contributed by atoms with Gasteiger partial charge in [-0.05, 0) is 12.9 Å². The van der Waals surface area contributed by atoms with Gasteiger partial charge in [-0.1, -0.05) is 45.4 Å². The second-order valence-corrected chi connectivity index (χ2v) is 2.45. The number of rotatable bonds is 7.